The maximum absolute atomic E-state index is 3.55. The van der Waals surface area contributed by atoms with E-state index in [9.17, 15) is 0 Å². The molecule has 0 aromatic heterocycles. The first-order valence-electron chi connectivity index (χ1n) is 8.31. The highest BCUT2D eigenvalue weighted by molar-refractivity contribution is 4.77. The van der Waals surface area contributed by atoms with Crippen LogP contribution in [0.2, 0.25) is 0 Å². The van der Waals surface area contributed by atoms with Gasteiger partial charge in [-0.05, 0) is 46.4 Å². The molecular weight excluding hydrogens is 248 g/mol. The Hall–Kier alpha value is -0.160. The van der Waals surface area contributed by atoms with Crippen LogP contribution in [-0.2, 0) is 0 Å². The van der Waals surface area contributed by atoms with Crippen molar-refractivity contribution >= 4 is 0 Å². The van der Waals surface area contributed by atoms with Crippen LogP contribution in [0, 0.1) is 5.92 Å². The highest BCUT2D eigenvalue weighted by Gasteiger charge is 2.20. The molecule has 1 saturated heterocycles. The van der Waals surface area contributed by atoms with Gasteiger partial charge in [0.25, 0.3) is 0 Å². The fourth-order valence-corrected chi connectivity index (χ4v) is 2.65. The molecule has 1 heterocycles. The molecule has 1 aliphatic rings. The minimum absolute atomic E-state index is 0.714. The van der Waals surface area contributed by atoms with E-state index in [1.807, 2.05) is 0 Å². The summed E-state index contributed by atoms with van der Waals surface area (Å²) in [6, 6.07) is 0.714. The number of likely N-dealkylation sites (N-methyl/N-ethyl adjacent to an activating group) is 1. The van der Waals surface area contributed by atoms with Gasteiger partial charge in [-0.3, -0.25) is 9.80 Å². The molecule has 1 fully saturated rings. The minimum Gasteiger partial charge on any atom is -0.316 e. The van der Waals surface area contributed by atoms with Crippen LogP contribution in [0.4, 0.5) is 0 Å². The van der Waals surface area contributed by atoms with Crippen molar-refractivity contribution in [1.82, 2.24) is 20.0 Å². The zero-order chi connectivity index (χ0) is 15.0. The van der Waals surface area contributed by atoms with Crippen molar-refractivity contribution in [2.75, 3.05) is 66.5 Å². The van der Waals surface area contributed by atoms with Crippen molar-refractivity contribution in [3.05, 3.63) is 0 Å². The highest BCUT2D eigenvalue weighted by Crippen LogP contribution is 2.08. The Morgan fingerprint density at radius 1 is 1.05 bits per heavy atom. The SMILES string of the molecule is CC(C)CNCCC(C)N1CCN(CCN(C)C)CC1. The number of hydrogen-bond acceptors (Lipinski definition) is 4. The van der Waals surface area contributed by atoms with Crippen LogP contribution in [0.5, 0.6) is 0 Å². The molecule has 0 radical (unpaired) electrons. The summed E-state index contributed by atoms with van der Waals surface area (Å²) in [5, 5.41) is 3.55. The summed E-state index contributed by atoms with van der Waals surface area (Å²) in [7, 11) is 4.31. The third-order valence-corrected chi connectivity index (χ3v) is 4.19. The van der Waals surface area contributed by atoms with Gasteiger partial charge in [0.05, 0.1) is 0 Å². The predicted octanol–water partition coefficient (Wildman–Crippen LogP) is 1.19. The van der Waals surface area contributed by atoms with Gasteiger partial charge in [-0.25, -0.2) is 0 Å². The van der Waals surface area contributed by atoms with Gasteiger partial charge in [0, 0.05) is 45.3 Å². The second-order valence-corrected chi connectivity index (χ2v) is 6.92. The van der Waals surface area contributed by atoms with E-state index in [0.29, 0.717) is 6.04 Å². The van der Waals surface area contributed by atoms with Crippen molar-refractivity contribution in [2.45, 2.75) is 33.2 Å². The zero-order valence-electron chi connectivity index (χ0n) is 14.4. The summed E-state index contributed by atoms with van der Waals surface area (Å²) in [5.41, 5.74) is 0. The summed E-state index contributed by atoms with van der Waals surface area (Å²) < 4.78 is 0. The maximum atomic E-state index is 3.55. The summed E-state index contributed by atoms with van der Waals surface area (Å²) in [4.78, 5) is 7.53. The fourth-order valence-electron chi connectivity index (χ4n) is 2.65. The summed E-state index contributed by atoms with van der Waals surface area (Å²) in [5.74, 6) is 0.755. The molecule has 0 aromatic rings. The second kappa shape index (κ2) is 9.72. The molecule has 4 heteroatoms. The molecule has 0 aliphatic carbocycles. The Labute approximate surface area is 126 Å². The molecule has 20 heavy (non-hydrogen) atoms. The molecule has 0 bridgehead atoms. The quantitative estimate of drug-likeness (QED) is 0.642. The Bertz CT molecular complexity index is 235. The summed E-state index contributed by atoms with van der Waals surface area (Å²) in [6.07, 6.45) is 1.27. The third-order valence-electron chi connectivity index (χ3n) is 4.19. The van der Waals surface area contributed by atoms with E-state index < -0.39 is 0 Å². The summed E-state index contributed by atoms with van der Waals surface area (Å²) in [6.45, 7) is 16.5. The van der Waals surface area contributed by atoms with Gasteiger partial charge in [-0.15, -0.1) is 0 Å². The van der Waals surface area contributed by atoms with Gasteiger partial charge >= 0.3 is 0 Å². The normalized spacial score (nSPS) is 19.9. The molecule has 120 valence electrons. The van der Waals surface area contributed by atoms with Crippen molar-refractivity contribution in [3.8, 4) is 0 Å². The van der Waals surface area contributed by atoms with Gasteiger partial charge < -0.3 is 10.2 Å². The smallest absolute Gasteiger partial charge is 0.0113 e. The molecule has 4 nitrogen and oxygen atoms in total. The van der Waals surface area contributed by atoms with E-state index >= 15 is 0 Å². The lowest BCUT2D eigenvalue weighted by molar-refractivity contribution is 0.0943. The van der Waals surface area contributed by atoms with Crippen molar-refractivity contribution in [3.63, 3.8) is 0 Å². The molecule has 0 aromatic carbocycles. The molecule has 1 rings (SSSR count). The van der Waals surface area contributed by atoms with Crippen molar-refractivity contribution < 1.29 is 0 Å². The van der Waals surface area contributed by atoms with Gasteiger partial charge in [0.2, 0.25) is 0 Å². The van der Waals surface area contributed by atoms with Crippen LogP contribution in [-0.4, -0.2) is 87.2 Å². The van der Waals surface area contributed by atoms with Crippen molar-refractivity contribution in [1.29, 1.82) is 0 Å². The standard InChI is InChI=1S/C16H36N4/c1-15(2)14-17-7-6-16(3)20-12-10-19(11-13-20)9-8-18(4)5/h15-17H,6-14H2,1-5H3. The van der Waals surface area contributed by atoms with E-state index in [1.54, 1.807) is 0 Å². The van der Waals surface area contributed by atoms with Crippen molar-refractivity contribution in [2.24, 2.45) is 5.92 Å². The maximum Gasteiger partial charge on any atom is 0.0113 e. The molecule has 1 aliphatic heterocycles. The number of nitrogens with one attached hydrogen (secondary N) is 1. The minimum atomic E-state index is 0.714. The van der Waals surface area contributed by atoms with E-state index in [-0.39, 0.29) is 0 Å². The number of hydrogen-bond donors (Lipinski definition) is 1. The molecule has 0 saturated carbocycles. The Kier molecular flexibility index (Phi) is 8.69. The van der Waals surface area contributed by atoms with Crippen LogP contribution in [0.1, 0.15) is 27.2 Å². The zero-order valence-corrected chi connectivity index (χ0v) is 14.4. The molecule has 0 spiro atoms. The molecule has 1 N–H and O–H groups in total. The summed E-state index contributed by atoms with van der Waals surface area (Å²) >= 11 is 0. The van der Waals surface area contributed by atoms with E-state index in [2.05, 4.69) is 54.9 Å². The van der Waals surface area contributed by atoms with E-state index in [0.717, 1.165) is 19.0 Å². The Morgan fingerprint density at radius 3 is 2.25 bits per heavy atom. The lowest BCUT2D eigenvalue weighted by atomic mass is 10.1. The Balaban J connectivity index is 2.10. The van der Waals surface area contributed by atoms with Crippen LogP contribution >= 0.6 is 0 Å². The predicted molar refractivity (Wildman–Crippen MR) is 88.4 cm³/mol. The van der Waals surface area contributed by atoms with Gasteiger partial charge in [-0.2, -0.15) is 0 Å². The van der Waals surface area contributed by atoms with E-state index in [4.69, 9.17) is 0 Å². The molecular formula is C16H36N4. The van der Waals surface area contributed by atoms with Crippen LogP contribution in [0.3, 0.4) is 0 Å². The number of nitrogens with zero attached hydrogens (tertiary/aromatic N) is 3. The third kappa shape index (κ3) is 7.58. The largest absolute Gasteiger partial charge is 0.316 e. The molecule has 1 unspecified atom stereocenters. The van der Waals surface area contributed by atoms with Gasteiger partial charge in [0.15, 0.2) is 0 Å². The van der Waals surface area contributed by atoms with Crippen LogP contribution in [0.15, 0.2) is 0 Å². The fraction of sp³-hybridized carbons (Fsp3) is 1.00. The number of rotatable bonds is 9. The molecule has 0 amide bonds. The first-order chi connectivity index (χ1) is 9.49. The van der Waals surface area contributed by atoms with Gasteiger partial charge in [-0.1, -0.05) is 13.8 Å². The highest BCUT2D eigenvalue weighted by atomic mass is 15.3. The number of piperazine rings is 1. The first kappa shape index (κ1) is 17.9. The average molecular weight is 284 g/mol. The first-order valence-corrected chi connectivity index (χ1v) is 8.31. The van der Waals surface area contributed by atoms with Crippen LogP contribution < -0.4 is 5.32 Å². The van der Waals surface area contributed by atoms with E-state index in [1.165, 1.54) is 45.7 Å². The van der Waals surface area contributed by atoms with Gasteiger partial charge in [0.1, 0.15) is 0 Å². The second-order valence-electron chi connectivity index (χ2n) is 6.92. The van der Waals surface area contributed by atoms with Crippen LogP contribution in [0.25, 0.3) is 0 Å². The Morgan fingerprint density at radius 2 is 1.70 bits per heavy atom. The lowest BCUT2D eigenvalue weighted by Crippen LogP contribution is -2.51. The average Bonchev–Trinajstić information content (AvgIpc) is 2.41. The lowest BCUT2D eigenvalue weighted by Gasteiger charge is -2.38. The molecule has 1 atom stereocenters. The topological polar surface area (TPSA) is 21.8 Å². The monoisotopic (exact) mass is 284 g/mol.